The number of benzene rings is 1. The van der Waals surface area contributed by atoms with Crippen molar-refractivity contribution in [3.05, 3.63) is 47.7 Å². The van der Waals surface area contributed by atoms with Crippen LogP contribution in [-0.4, -0.2) is 16.1 Å². The second-order valence-corrected chi connectivity index (χ2v) is 3.68. The molecular weight excluding hydrogens is 202 g/mol. The molecule has 82 valence electrons. The number of aromatic nitrogens is 2. The van der Waals surface area contributed by atoms with Crippen LogP contribution in [0.5, 0.6) is 0 Å². The highest BCUT2D eigenvalue weighted by molar-refractivity contribution is 5.91. The summed E-state index contributed by atoms with van der Waals surface area (Å²) in [5, 5.41) is 9.17. The summed E-state index contributed by atoms with van der Waals surface area (Å²) in [5.41, 5.74) is 2.17. The summed E-state index contributed by atoms with van der Waals surface area (Å²) in [6, 6.07) is 9.63. The first kappa shape index (κ1) is 10.4. The first-order valence-electron chi connectivity index (χ1n) is 5.09. The van der Waals surface area contributed by atoms with Gasteiger partial charge in [0, 0.05) is 6.07 Å². The number of amides is 1. The molecule has 0 saturated heterocycles. The number of nitrogens with zero attached hydrogens (tertiary/aromatic N) is 1. The van der Waals surface area contributed by atoms with Crippen LogP contribution in [0, 0.1) is 6.92 Å². The Morgan fingerprint density at radius 3 is 3.00 bits per heavy atom. The van der Waals surface area contributed by atoms with Gasteiger partial charge in [0.05, 0.1) is 12.6 Å². The van der Waals surface area contributed by atoms with Gasteiger partial charge in [-0.25, -0.2) is 0 Å². The quantitative estimate of drug-likeness (QED) is 0.821. The molecule has 1 aromatic heterocycles. The van der Waals surface area contributed by atoms with Crippen molar-refractivity contribution in [1.29, 1.82) is 0 Å². The number of anilines is 1. The number of carbonyl (C=O) groups excluding carboxylic acids is 1. The Kier molecular flexibility index (Phi) is 3.00. The molecule has 0 spiro atoms. The lowest BCUT2D eigenvalue weighted by Gasteiger charge is -2.03. The second-order valence-electron chi connectivity index (χ2n) is 3.68. The van der Waals surface area contributed by atoms with Gasteiger partial charge in [0.25, 0.3) is 0 Å². The average Bonchev–Trinajstić information content (AvgIpc) is 2.70. The lowest BCUT2D eigenvalue weighted by molar-refractivity contribution is -0.115. The number of hydrogen-bond acceptors (Lipinski definition) is 2. The zero-order valence-corrected chi connectivity index (χ0v) is 9.03. The second kappa shape index (κ2) is 4.61. The Morgan fingerprint density at radius 1 is 1.44 bits per heavy atom. The lowest BCUT2D eigenvalue weighted by Crippen LogP contribution is -2.14. The van der Waals surface area contributed by atoms with E-state index in [1.165, 1.54) is 0 Å². The molecule has 0 atom stereocenters. The van der Waals surface area contributed by atoms with E-state index in [1.54, 1.807) is 12.3 Å². The smallest absolute Gasteiger partial charge is 0.229 e. The van der Waals surface area contributed by atoms with Crippen LogP contribution >= 0.6 is 0 Å². The molecule has 2 rings (SSSR count). The third-order valence-corrected chi connectivity index (χ3v) is 2.22. The molecule has 0 unspecified atom stereocenters. The molecule has 1 heterocycles. The maximum absolute atomic E-state index is 11.6. The number of nitrogens with one attached hydrogen (secondary N) is 2. The maximum Gasteiger partial charge on any atom is 0.229 e. The van der Waals surface area contributed by atoms with Crippen LogP contribution in [0.3, 0.4) is 0 Å². The van der Waals surface area contributed by atoms with Crippen molar-refractivity contribution >= 4 is 11.7 Å². The van der Waals surface area contributed by atoms with Crippen LogP contribution in [0.1, 0.15) is 11.1 Å². The minimum absolute atomic E-state index is 0.0464. The molecule has 0 aliphatic carbocycles. The van der Waals surface area contributed by atoms with Crippen LogP contribution in [0.2, 0.25) is 0 Å². The van der Waals surface area contributed by atoms with Gasteiger partial charge in [0.2, 0.25) is 5.91 Å². The van der Waals surface area contributed by atoms with Crippen molar-refractivity contribution < 1.29 is 4.79 Å². The summed E-state index contributed by atoms with van der Waals surface area (Å²) in [5.74, 6) is 0.576. The Bertz CT molecular complexity index is 477. The van der Waals surface area contributed by atoms with E-state index in [0.29, 0.717) is 12.2 Å². The zero-order chi connectivity index (χ0) is 11.4. The topological polar surface area (TPSA) is 57.8 Å². The minimum atomic E-state index is -0.0464. The van der Waals surface area contributed by atoms with Crippen LogP contribution in [0.25, 0.3) is 0 Å². The summed E-state index contributed by atoms with van der Waals surface area (Å²) >= 11 is 0. The number of hydrogen-bond donors (Lipinski definition) is 2. The van der Waals surface area contributed by atoms with Gasteiger partial charge in [-0.05, 0) is 12.5 Å². The SMILES string of the molecule is Cc1cccc(CC(=O)Nc2ccn[nH]2)c1. The normalized spacial score (nSPS) is 10.1. The predicted molar refractivity (Wildman–Crippen MR) is 62.1 cm³/mol. The Balaban J connectivity index is 1.97. The van der Waals surface area contributed by atoms with Crippen LogP contribution < -0.4 is 5.32 Å². The van der Waals surface area contributed by atoms with Crippen molar-refractivity contribution in [2.24, 2.45) is 0 Å². The van der Waals surface area contributed by atoms with Crippen LogP contribution in [0.4, 0.5) is 5.82 Å². The Morgan fingerprint density at radius 2 is 2.31 bits per heavy atom. The lowest BCUT2D eigenvalue weighted by atomic mass is 10.1. The molecule has 2 N–H and O–H groups in total. The molecule has 0 bridgehead atoms. The van der Waals surface area contributed by atoms with Gasteiger partial charge in [0.15, 0.2) is 0 Å². The number of aromatic amines is 1. The summed E-state index contributed by atoms with van der Waals surface area (Å²) in [7, 11) is 0. The first-order valence-corrected chi connectivity index (χ1v) is 5.09. The van der Waals surface area contributed by atoms with E-state index >= 15 is 0 Å². The first-order chi connectivity index (χ1) is 7.74. The van der Waals surface area contributed by atoms with E-state index in [9.17, 15) is 4.79 Å². The van der Waals surface area contributed by atoms with Gasteiger partial charge in [0.1, 0.15) is 5.82 Å². The molecule has 4 heteroatoms. The number of aryl methyl sites for hydroxylation is 1. The van der Waals surface area contributed by atoms with E-state index in [2.05, 4.69) is 15.5 Å². The van der Waals surface area contributed by atoms with E-state index in [1.807, 2.05) is 31.2 Å². The van der Waals surface area contributed by atoms with Gasteiger partial charge >= 0.3 is 0 Å². The Hall–Kier alpha value is -2.10. The molecule has 1 amide bonds. The van der Waals surface area contributed by atoms with Crippen LogP contribution in [-0.2, 0) is 11.2 Å². The monoisotopic (exact) mass is 215 g/mol. The molecule has 0 aliphatic rings. The predicted octanol–water partition coefficient (Wildman–Crippen LogP) is 1.90. The highest BCUT2D eigenvalue weighted by Crippen LogP contribution is 2.06. The summed E-state index contributed by atoms with van der Waals surface area (Å²) in [4.78, 5) is 11.6. The number of carbonyl (C=O) groups is 1. The van der Waals surface area contributed by atoms with Crippen molar-refractivity contribution in [3.8, 4) is 0 Å². The van der Waals surface area contributed by atoms with E-state index < -0.39 is 0 Å². The fourth-order valence-electron chi connectivity index (χ4n) is 1.53. The van der Waals surface area contributed by atoms with E-state index in [-0.39, 0.29) is 5.91 Å². The Labute approximate surface area is 93.7 Å². The summed E-state index contributed by atoms with van der Waals surface area (Å²) in [6.45, 7) is 2.01. The fourth-order valence-corrected chi connectivity index (χ4v) is 1.53. The molecule has 0 aliphatic heterocycles. The average molecular weight is 215 g/mol. The minimum Gasteiger partial charge on any atom is -0.311 e. The summed E-state index contributed by atoms with van der Waals surface area (Å²) in [6.07, 6.45) is 1.98. The fraction of sp³-hybridized carbons (Fsp3) is 0.167. The van der Waals surface area contributed by atoms with Crippen molar-refractivity contribution in [1.82, 2.24) is 10.2 Å². The van der Waals surface area contributed by atoms with Crippen molar-refractivity contribution in [3.63, 3.8) is 0 Å². The molecule has 4 nitrogen and oxygen atoms in total. The van der Waals surface area contributed by atoms with Crippen molar-refractivity contribution in [2.45, 2.75) is 13.3 Å². The highest BCUT2D eigenvalue weighted by atomic mass is 16.1. The molecular formula is C12H13N3O. The summed E-state index contributed by atoms with van der Waals surface area (Å²) < 4.78 is 0. The molecule has 0 radical (unpaired) electrons. The number of H-pyrrole nitrogens is 1. The third kappa shape index (κ3) is 2.70. The van der Waals surface area contributed by atoms with Crippen molar-refractivity contribution in [2.75, 3.05) is 5.32 Å². The van der Waals surface area contributed by atoms with Gasteiger partial charge < -0.3 is 5.32 Å². The molecule has 0 saturated carbocycles. The number of rotatable bonds is 3. The molecule has 0 fully saturated rings. The molecule has 1 aromatic carbocycles. The molecule has 2 aromatic rings. The van der Waals surface area contributed by atoms with Crippen LogP contribution in [0.15, 0.2) is 36.5 Å². The largest absolute Gasteiger partial charge is 0.311 e. The van der Waals surface area contributed by atoms with E-state index in [0.717, 1.165) is 11.1 Å². The van der Waals surface area contributed by atoms with Gasteiger partial charge in [-0.15, -0.1) is 0 Å². The van der Waals surface area contributed by atoms with Gasteiger partial charge in [-0.2, -0.15) is 5.10 Å². The highest BCUT2D eigenvalue weighted by Gasteiger charge is 2.04. The maximum atomic E-state index is 11.6. The van der Waals surface area contributed by atoms with Gasteiger partial charge in [-0.3, -0.25) is 9.89 Å². The standard InChI is InChI=1S/C12H13N3O/c1-9-3-2-4-10(7-9)8-12(16)14-11-5-6-13-15-11/h2-7H,8H2,1H3,(H2,13,14,15,16). The van der Waals surface area contributed by atoms with E-state index in [4.69, 9.17) is 0 Å². The third-order valence-electron chi connectivity index (χ3n) is 2.22. The van der Waals surface area contributed by atoms with Gasteiger partial charge in [-0.1, -0.05) is 29.8 Å². The molecule has 16 heavy (non-hydrogen) atoms. The zero-order valence-electron chi connectivity index (χ0n) is 9.03.